The van der Waals surface area contributed by atoms with Crippen molar-refractivity contribution in [2.24, 2.45) is 0 Å². The molecule has 0 aliphatic heterocycles. The van der Waals surface area contributed by atoms with Gasteiger partial charge in [-0.3, -0.25) is 0 Å². The van der Waals surface area contributed by atoms with Crippen LogP contribution < -0.4 is 0 Å². The molecule has 0 spiro atoms. The maximum atomic E-state index is 6.76. The SMILES string of the molecule is [B]C1([B][B][B]C2CCCCCCCCC2)CCCCCCCCC1. The van der Waals surface area contributed by atoms with Crippen molar-refractivity contribution >= 4 is 29.2 Å². The van der Waals surface area contributed by atoms with Gasteiger partial charge in [0.2, 0.25) is 0 Å². The molecular formula is C20H37B4. The van der Waals surface area contributed by atoms with E-state index in [0.717, 1.165) is 5.82 Å². The first-order chi connectivity index (χ1) is 11.8. The summed E-state index contributed by atoms with van der Waals surface area (Å²) in [6, 6.07) is 0. The van der Waals surface area contributed by atoms with Crippen molar-refractivity contribution in [3.8, 4) is 0 Å². The Kier molecular flexibility index (Phi) is 10.8. The zero-order valence-electron chi connectivity index (χ0n) is 16.1. The molecule has 2 aliphatic carbocycles. The summed E-state index contributed by atoms with van der Waals surface area (Å²) in [6.45, 7) is 0. The van der Waals surface area contributed by atoms with Crippen LogP contribution in [0.2, 0.25) is 11.0 Å². The topological polar surface area (TPSA) is 0 Å². The van der Waals surface area contributed by atoms with E-state index >= 15 is 0 Å². The third kappa shape index (κ3) is 9.09. The Hall–Kier alpha value is 0.260. The van der Waals surface area contributed by atoms with Crippen molar-refractivity contribution < 1.29 is 0 Å². The maximum Gasteiger partial charge on any atom is 0.0620 e. The number of hydrogen-bond donors (Lipinski definition) is 0. The zero-order chi connectivity index (χ0) is 16.9. The average molecular weight is 321 g/mol. The van der Waals surface area contributed by atoms with Gasteiger partial charge in [-0.05, 0) is 0 Å². The molecule has 2 aliphatic rings. The van der Waals surface area contributed by atoms with Gasteiger partial charge in [-0.2, -0.15) is 0 Å². The normalized spacial score (nSPS) is 25.3. The molecule has 0 aromatic rings. The van der Waals surface area contributed by atoms with Crippen LogP contribution in [0.3, 0.4) is 0 Å². The second kappa shape index (κ2) is 12.6. The van der Waals surface area contributed by atoms with Crippen LogP contribution in [0.5, 0.6) is 0 Å². The van der Waals surface area contributed by atoms with Crippen LogP contribution in [-0.4, -0.2) is 29.2 Å². The highest BCUT2D eigenvalue weighted by Crippen LogP contribution is 2.35. The Morgan fingerprint density at radius 1 is 0.583 bits per heavy atom. The molecule has 0 atom stereocenters. The second-order valence-corrected chi connectivity index (χ2v) is 8.57. The summed E-state index contributed by atoms with van der Waals surface area (Å²) in [6.07, 6.45) is 24.9. The van der Waals surface area contributed by atoms with Gasteiger partial charge in [0.1, 0.15) is 0 Å². The van der Waals surface area contributed by atoms with E-state index in [-0.39, 0.29) is 5.21 Å². The molecule has 0 bridgehead atoms. The molecule has 2 rings (SSSR count). The average Bonchev–Trinajstić information content (AvgIpc) is 2.59. The van der Waals surface area contributed by atoms with Gasteiger partial charge in [0.05, 0.1) is 22.2 Å². The molecule has 0 unspecified atom stereocenters. The Morgan fingerprint density at radius 3 is 1.50 bits per heavy atom. The second-order valence-electron chi connectivity index (χ2n) is 8.57. The Bertz CT molecular complexity index is 288. The number of hydrogen-bond acceptors (Lipinski definition) is 0. The van der Waals surface area contributed by atoms with E-state index in [1.165, 1.54) is 116 Å². The molecular weight excluding hydrogens is 283 g/mol. The van der Waals surface area contributed by atoms with Crippen LogP contribution in [0, 0.1) is 0 Å². The van der Waals surface area contributed by atoms with Crippen molar-refractivity contribution in [2.45, 2.75) is 127 Å². The third-order valence-corrected chi connectivity index (χ3v) is 6.25. The minimum absolute atomic E-state index is 0.0379. The molecule has 0 amide bonds. The molecule has 0 nitrogen and oxygen atoms in total. The Labute approximate surface area is 156 Å². The van der Waals surface area contributed by atoms with Gasteiger partial charge in [-0.1, -0.05) is 127 Å². The highest BCUT2D eigenvalue weighted by Gasteiger charge is 2.24. The van der Waals surface area contributed by atoms with Crippen LogP contribution in [0.1, 0.15) is 116 Å². The van der Waals surface area contributed by atoms with Gasteiger partial charge >= 0.3 is 0 Å². The lowest BCUT2D eigenvalue weighted by atomic mass is 9.09. The van der Waals surface area contributed by atoms with Crippen molar-refractivity contribution in [3.05, 3.63) is 0 Å². The van der Waals surface area contributed by atoms with Crippen LogP contribution in [0.4, 0.5) is 0 Å². The van der Waals surface area contributed by atoms with Crippen molar-refractivity contribution in [2.75, 3.05) is 0 Å². The first kappa shape index (κ1) is 20.6. The summed E-state index contributed by atoms with van der Waals surface area (Å²) < 4.78 is 0. The van der Waals surface area contributed by atoms with E-state index in [1.54, 1.807) is 0 Å². The third-order valence-electron chi connectivity index (χ3n) is 6.25. The fraction of sp³-hybridized carbons (Fsp3) is 1.00. The molecule has 24 heavy (non-hydrogen) atoms. The number of rotatable bonds is 4. The van der Waals surface area contributed by atoms with Gasteiger partial charge < -0.3 is 0 Å². The summed E-state index contributed by atoms with van der Waals surface area (Å²) in [4.78, 5) is 0. The zero-order valence-corrected chi connectivity index (χ0v) is 16.1. The van der Waals surface area contributed by atoms with E-state index in [0.29, 0.717) is 0 Å². The summed E-state index contributed by atoms with van der Waals surface area (Å²) in [5.41, 5.74) is 0. The molecule has 0 heterocycles. The summed E-state index contributed by atoms with van der Waals surface area (Å²) >= 11 is 0. The van der Waals surface area contributed by atoms with E-state index in [1.807, 2.05) is 0 Å². The lowest BCUT2D eigenvalue weighted by Crippen LogP contribution is -2.31. The van der Waals surface area contributed by atoms with Gasteiger partial charge in [0, 0.05) is 7.06 Å². The predicted octanol–water partition coefficient (Wildman–Crippen LogP) is 6.05. The predicted molar refractivity (Wildman–Crippen MR) is 113 cm³/mol. The molecule has 5 radical (unpaired) electrons. The van der Waals surface area contributed by atoms with Crippen molar-refractivity contribution in [1.82, 2.24) is 0 Å². The molecule has 0 aromatic heterocycles. The van der Waals surface area contributed by atoms with Gasteiger partial charge in [-0.15, -0.1) is 0 Å². The van der Waals surface area contributed by atoms with Crippen LogP contribution in [0.25, 0.3) is 0 Å². The van der Waals surface area contributed by atoms with Crippen LogP contribution in [-0.2, 0) is 0 Å². The lowest BCUT2D eigenvalue weighted by molar-refractivity contribution is 0.481. The summed E-state index contributed by atoms with van der Waals surface area (Å²) in [5, 5.41) is -0.0379. The van der Waals surface area contributed by atoms with E-state index in [9.17, 15) is 0 Å². The molecule has 4 heteroatoms. The summed E-state index contributed by atoms with van der Waals surface area (Å²) in [7, 11) is 14.0. The highest BCUT2D eigenvalue weighted by atomic mass is 14.1. The maximum absolute atomic E-state index is 6.76. The standard InChI is InChI=1S/C20H37B4/c21-20(17-13-9-5-2-6-10-14-18-20)23-24-22-19-15-11-7-3-1-4-8-12-16-19/h19H,1-18H2. The minimum Gasteiger partial charge on any atom is -0.0997 e. The van der Waals surface area contributed by atoms with Crippen LogP contribution >= 0.6 is 0 Å². The summed E-state index contributed by atoms with van der Waals surface area (Å²) in [5.74, 6) is 0.794. The molecule has 0 N–H and O–H groups in total. The van der Waals surface area contributed by atoms with E-state index < -0.39 is 0 Å². The first-order valence-corrected chi connectivity index (χ1v) is 11.1. The fourth-order valence-electron chi connectivity index (χ4n) is 4.52. The fourth-order valence-corrected chi connectivity index (χ4v) is 4.52. The largest absolute Gasteiger partial charge is 0.0997 e. The molecule has 0 aromatic carbocycles. The van der Waals surface area contributed by atoms with Gasteiger partial charge in [0.15, 0.2) is 0 Å². The van der Waals surface area contributed by atoms with Gasteiger partial charge in [-0.25, -0.2) is 0 Å². The van der Waals surface area contributed by atoms with E-state index in [2.05, 4.69) is 21.4 Å². The first-order valence-electron chi connectivity index (χ1n) is 11.1. The molecule has 0 saturated heterocycles. The molecule has 2 fully saturated rings. The quantitative estimate of drug-likeness (QED) is 0.553. The Balaban J connectivity index is 1.70. The minimum atomic E-state index is -0.0379. The van der Waals surface area contributed by atoms with Gasteiger partial charge in [0.25, 0.3) is 0 Å². The Morgan fingerprint density at radius 2 is 1.00 bits per heavy atom. The van der Waals surface area contributed by atoms with Crippen LogP contribution in [0.15, 0.2) is 0 Å². The van der Waals surface area contributed by atoms with Crippen molar-refractivity contribution in [1.29, 1.82) is 0 Å². The highest BCUT2D eigenvalue weighted by molar-refractivity contribution is 7.31. The lowest BCUT2D eigenvalue weighted by Gasteiger charge is -2.31. The smallest absolute Gasteiger partial charge is 0.0620 e. The van der Waals surface area contributed by atoms with E-state index in [4.69, 9.17) is 7.85 Å². The monoisotopic (exact) mass is 321 g/mol. The molecule has 129 valence electrons. The molecule has 2 saturated carbocycles. The van der Waals surface area contributed by atoms with Crippen molar-refractivity contribution in [3.63, 3.8) is 0 Å².